The number of pyridine rings is 1. The molecular formula is C16H21N5O. The summed E-state index contributed by atoms with van der Waals surface area (Å²) in [7, 11) is 1.81. The number of aromatic nitrogens is 4. The van der Waals surface area contributed by atoms with E-state index in [0.717, 1.165) is 5.82 Å². The zero-order valence-electron chi connectivity index (χ0n) is 13.2. The summed E-state index contributed by atoms with van der Waals surface area (Å²) in [5.41, 5.74) is 1.26. The van der Waals surface area contributed by atoms with Gasteiger partial charge in [0, 0.05) is 19.2 Å². The Morgan fingerprint density at radius 3 is 2.86 bits per heavy atom. The number of nitrogens with one attached hydrogen (secondary N) is 1. The third kappa shape index (κ3) is 3.32. The summed E-state index contributed by atoms with van der Waals surface area (Å²) < 4.78 is 1.67. The van der Waals surface area contributed by atoms with Gasteiger partial charge in [0.2, 0.25) is 5.91 Å². The number of rotatable bonds is 5. The molecule has 22 heavy (non-hydrogen) atoms. The van der Waals surface area contributed by atoms with E-state index in [2.05, 4.69) is 20.4 Å². The van der Waals surface area contributed by atoms with Gasteiger partial charge < -0.3 is 5.32 Å². The quantitative estimate of drug-likeness (QED) is 0.920. The van der Waals surface area contributed by atoms with Gasteiger partial charge in [0.05, 0.1) is 6.42 Å². The van der Waals surface area contributed by atoms with Gasteiger partial charge in [-0.2, -0.15) is 5.10 Å². The molecule has 6 nitrogen and oxygen atoms in total. The Morgan fingerprint density at radius 2 is 2.23 bits per heavy atom. The molecule has 6 heteroatoms. The van der Waals surface area contributed by atoms with E-state index < -0.39 is 0 Å². The van der Waals surface area contributed by atoms with Gasteiger partial charge in [-0.15, -0.1) is 0 Å². The summed E-state index contributed by atoms with van der Waals surface area (Å²) in [5, 5.41) is 7.17. The van der Waals surface area contributed by atoms with E-state index in [-0.39, 0.29) is 18.2 Å². The second kappa shape index (κ2) is 5.87. The predicted octanol–water partition coefficient (Wildman–Crippen LogP) is 2.39. The van der Waals surface area contributed by atoms with Gasteiger partial charge in [0.1, 0.15) is 11.6 Å². The first-order chi connectivity index (χ1) is 10.5. The molecule has 0 spiro atoms. The van der Waals surface area contributed by atoms with Gasteiger partial charge in [-0.3, -0.25) is 9.48 Å². The Hall–Kier alpha value is -2.24. The number of hydrogen-bond acceptors (Lipinski definition) is 4. The number of hydrogen-bond donors (Lipinski definition) is 1. The van der Waals surface area contributed by atoms with E-state index in [1.54, 1.807) is 10.9 Å². The van der Waals surface area contributed by atoms with Crippen LogP contribution in [-0.2, 0) is 18.3 Å². The molecule has 0 unspecified atom stereocenters. The average molecular weight is 299 g/mol. The highest BCUT2D eigenvalue weighted by Crippen LogP contribution is 2.40. The van der Waals surface area contributed by atoms with Crippen molar-refractivity contribution in [2.45, 2.75) is 44.9 Å². The van der Waals surface area contributed by atoms with Gasteiger partial charge in [-0.1, -0.05) is 13.8 Å². The van der Waals surface area contributed by atoms with E-state index in [1.165, 1.54) is 18.4 Å². The summed E-state index contributed by atoms with van der Waals surface area (Å²) in [4.78, 5) is 20.8. The lowest BCUT2D eigenvalue weighted by Crippen LogP contribution is -2.17. The van der Waals surface area contributed by atoms with Crippen LogP contribution in [0, 0.1) is 0 Å². The minimum atomic E-state index is -0.119. The standard InChI is InChI=1S/C16H21N5O/c1-10(2)16-19-14(21(3)20-16)9-15(22)18-13-8-12(6-7-17-13)11-4-5-11/h6-8,10-11H,4-5,9H2,1-3H3,(H,17,18,22). The third-order valence-electron chi connectivity index (χ3n) is 3.80. The summed E-state index contributed by atoms with van der Waals surface area (Å²) in [6.45, 7) is 4.07. The SMILES string of the molecule is CC(C)c1nc(CC(=O)Nc2cc(C3CC3)ccn2)n(C)n1. The van der Waals surface area contributed by atoms with Crippen LogP contribution in [0.4, 0.5) is 5.82 Å². The zero-order chi connectivity index (χ0) is 15.7. The lowest BCUT2D eigenvalue weighted by molar-refractivity contribution is -0.115. The number of aryl methyl sites for hydroxylation is 1. The van der Waals surface area contributed by atoms with Crippen molar-refractivity contribution >= 4 is 11.7 Å². The van der Waals surface area contributed by atoms with E-state index in [1.807, 2.05) is 33.0 Å². The Kier molecular flexibility index (Phi) is 3.92. The van der Waals surface area contributed by atoms with E-state index in [0.29, 0.717) is 17.6 Å². The fraction of sp³-hybridized carbons (Fsp3) is 0.500. The molecule has 2 heterocycles. The van der Waals surface area contributed by atoms with Crippen LogP contribution in [0.25, 0.3) is 0 Å². The van der Waals surface area contributed by atoms with Crippen molar-refractivity contribution in [1.82, 2.24) is 19.7 Å². The first-order valence-corrected chi connectivity index (χ1v) is 7.68. The zero-order valence-corrected chi connectivity index (χ0v) is 13.2. The predicted molar refractivity (Wildman–Crippen MR) is 83.6 cm³/mol. The molecule has 1 amide bonds. The van der Waals surface area contributed by atoms with E-state index in [4.69, 9.17) is 0 Å². The monoisotopic (exact) mass is 299 g/mol. The minimum Gasteiger partial charge on any atom is -0.310 e. The maximum atomic E-state index is 12.2. The second-order valence-corrected chi connectivity index (χ2v) is 6.14. The van der Waals surface area contributed by atoms with Crippen molar-refractivity contribution in [3.05, 3.63) is 35.5 Å². The minimum absolute atomic E-state index is 0.119. The molecule has 116 valence electrons. The molecule has 2 aromatic heterocycles. The molecule has 1 N–H and O–H groups in total. The van der Waals surface area contributed by atoms with Crippen molar-refractivity contribution in [2.24, 2.45) is 7.05 Å². The lowest BCUT2D eigenvalue weighted by atomic mass is 10.2. The smallest absolute Gasteiger partial charge is 0.233 e. The average Bonchev–Trinajstić information content (AvgIpc) is 3.25. The maximum absolute atomic E-state index is 12.2. The Labute approximate surface area is 130 Å². The van der Waals surface area contributed by atoms with Crippen LogP contribution in [0.3, 0.4) is 0 Å². The van der Waals surface area contributed by atoms with E-state index in [9.17, 15) is 4.79 Å². The van der Waals surface area contributed by atoms with Crippen molar-refractivity contribution in [3.8, 4) is 0 Å². The lowest BCUT2D eigenvalue weighted by Gasteiger charge is -2.05. The third-order valence-corrected chi connectivity index (χ3v) is 3.80. The number of carbonyl (C=O) groups is 1. The fourth-order valence-electron chi connectivity index (χ4n) is 2.35. The highest BCUT2D eigenvalue weighted by Gasteiger charge is 2.24. The normalized spacial score (nSPS) is 14.4. The summed E-state index contributed by atoms with van der Waals surface area (Å²) >= 11 is 0. The number of carbonyl (C=O) groups excluding carboxylic acids is 1. The molecule has 0 aromatic carbocycles. The molecule has 0 radical (unpaired) electrons. The number of nitrogens with zero attached hydrogens (tertiary/aromatic N) is 4. The molecule has 0 bridgehead atoms. The Bertz CT molecular complexity index is 688. The van der Waals surface area contributed by atoms with Crippen molar-refractivity contribution in [3.63, 3.8) is 0 Å². The van der Waals surface area contributed by atoms with Gasteiger partial charge in [0.15, 0.2) is 5.82 Å². The Morgan fingerprint density at radius 1 is 1.45 bits per heavy atom. The molecule has 1 saturated carbocycles. The highest BCUT2D eigenvalue weighted by atomic mass is 16.1. The van der Waals surface area contributed by atoms with Gasteiger partial charge >= 0.3 is 0 Å². The van der Waals surface area contributed by atoms with Crippen LogP contribution in [0.1, 0.15) is 55.7 Å². The molecule has 1 aliphatic rings. The van der Waals surface area contributed by atoms with Gasteiger partial charge in [-0.25, -0.2) is 9.97 Å². The van der Waals surface area contributed by atoms with Crippen LogP contribution in [0.2, 0.25) is 0 Å². The summed E-state index contributed by atoms with van der Waals surface area (Å²) in [6, 6.07) is 3.98. The number of amides is 1. The number of anilines is 1. The summed E-state index contributed by atoms with van der Waals surface area (Å²) in [5.74, 6) is 2.82. The van der Waals surface area contributed by atoms with Crippen LogP contribution < -0.4 is 5.32 Å². The van der Waals surface area contributed by atoms with Crippen LogP contribution in [0.15, 0.2) is 18.3 Å². The molecule has 3 rings (SSSR count). The van der Waals surface area contributed by atoms with Crippen LogP contribution in [-0.4, -0.2) is 25.7 Å². The summed E-state index contributed by atoms with van der Waals surface area (Å²) in [6.07, 6.45) is 4.41. The fourth-order valence-corrected chi connectivity index (χ4v) is 2.35. The Balaban J connectivity index is 1.66. The van der Waals surface area contributed by atoms with E-state index >= 15 is 0 Å². The molecule has 2 aromatic rings. The van der Waals surface area contributed by atoms with Gasteiger partial charge in [-0.05, 0) is 36.5 Å². The molecule has 1 aliphatic carbocycles. The molecular weight excluding hydrogens is 278 g/mol. The first-order valence-electron chi connectivity index (χ1n) is 7.68. The van der Waals surface area contributed by atoms with Crippen molar-refractivity contribution in [2.75, 3.05) is 5.32 Å². The van der Waals surface area contributed by atoms with Crippen molar-refractivity contribution < 1.29 is 4.79 Å². The van der Waals surface area contributed by atoms with Crippen LogP contribution in [0.5, 0.6) is 0 Å². The maximum Gasteiger partial charge on any atom is 0.233 e. The van der Waals surface area contributed by atoms with Crippen molar-refractivity contribution in [1.29, 1.82) is 0 Å². The molecule has 0 atom stereocenters. The molecule has 0 saturated heterocycles. The first kappa shape index (κ1) is 14.7. The topological polar surface area (TPSA) is 72.7 Å². The largest absolute Gasteiger partial charge is 0.310 e. The second-order valence-electron chi connectivity index (χ2n) is 6.14. The van der Waals surface area contributed by atoms with Gasteiger partial charge in [0.25, 0.3) is 0 Å². The molecule has 0 aliphatic heterocycles. The van der Waals surface area contributed by atoms with Crippen LogP contribution >= 0.6 is 0 Å². The molecule has 1 fully saturated rings. The highest BCUT2D eigenvalue weighted by molar-refractivity contribution is 5.91.